The second kappa shape index (κ2) is 6.58. The average Bonchev–Trinajstić information content (AvgIpc) is 2.43. The highest BCUT2D eigenvalue weighted by Gasteiger charge is 2.27. The molecule has 0 spiro atoms. The summed E-state index contributed by atoms with van der Waals surface area (Å²) in [5.41, 5.74) is 5.41. The maximum atomic E-state index is 12.5. The molecule has 1 aromatic rings. The smallest absolute Gasteiger partial charge is 0.243 e. The van der Waals surface area contributed by atoms with E-state index in [9.17, 15) is 8.42 Å². The highest BCUT2D eigenvalue weighted by Crippen LogP contribution is 2.20. The van der Waals surface area contributed by atoms with Crippen molar-refractivity contribution in [3.63, 3.8) is 0 Å². The van der Waals surface area contributed by atoms with E-state index in [1.165, 1.54) is 19.2 Å². The number of benzene rings is 1. The number of nitrogens with two attached hydrogens (primary N) is 1. The Morgan fingerprint density at radius 1 is 1.40 bits per heavy atom. The summed E-state index contributed by atoms with van der Waals surface area (Å²) >= 11 is 0. The third-order valence-electron chi connectivity index (χ3n) is 2.69. The number of hydrogen-bond donors (Lipinski definition) is 2. The molecule has 0 saturated carbocycles. The second-order valence-electron chi connectivity index (χ2n) is 4.41. The van der Waals surface area contributed by atoms with Gasteiger partial charge in [-0.3, -0.25) is 0 Å². The lowest BCUT2D eigenvalue weighted by molar-refractivity contribution is 0.312. The molecule has 0 saturated heterocycles. The van der Waals surface area contributed by atoms with Gasteiger partial charge in [0, 0.05) is 6.04 Å². The van der Waals surface area contributed by atoms with Crippen molar-refractivity contribution in [1.29, 1.82) is 0 Å². The fraction of sp³-hybridized carbons (Fsp3) is 0.417. The highest BCUT2D eigenvalue weighted by molar-refractivity contribution is 7.89. The van der Waals surface area contributed by atoms with Gasteiger partial charge in [-0.1, -0.05) is 5.16 Å². The van der Waals surface area contributed by atoms with Crippen LogP contribution in [0.3, 0.4) is 0 Å². The van der Waals surface area contributed by atoms with E-state index in [0.717, 1.165) is 4.31 Å². The molecule has 7 nitrogen and oxygen atoms in total. The molecule has 8 heteroatoms. The molecule has 0 aliphatic carbocycles. The Labute approximate surface area is 118 Å². The molecule has 112 valence electrons. The average molecular weight is 301 g/mol. The maximum Gasteiger partial charge on any atom is 0.243 e. The first-order valence-corrected chi connectivity index (χ1v) is 7.39. The van der Waals surface area contributed by atoms with Gasteiger partial charge < -0.3 is 15.7 Å². The number of nitrogens with zero attached hydrogens (tertiary/aromatic N) is 2. The Morgan fingerprint density at radius 3 is 2.35 bits per heavy atom. The topological polar surface area (TPSA) is 105 Å². The SMILES string of the molecule is COc1ccc(S(=O)(=O)N(CC(N)=NO)C(C)C)cc1. The molecule has 20 heavy (non-hydrogen) atoms. The van der Waals surface area contributed by atoms with Gasteiger partial charge in [0.15, 0.2) is 5.84 Å². The van der Waals surface area contributed by atoms with Crippen LogP contribution in [-0.2, 0) is 10.0 Å². The fourth-order valence-corrected chi connectivity index (χ4v) is 3.23. The molecule has 0 atom stereocenters. The zero-order valence-corrected chi connectivity index (χ0v) is 12.5. The Morgan fingerprint density at radius 2 is 1.95 bits per heavy atom. The lowest BCUT2D eigenvalue weighted by atomic mass is 10.3. The van der Waals surface area contributed by atoms with Crippen LogP contribution in [0.2, 0.25) is 0 Å². The summed E-state index contributed by atoms with van der Waals surface area (Å²) in [5.74, 6) is 0.396. The predicted octanol–water partition coefficient (Wildman–Crippen LogP) is 0.841. The molecule has 3 N–H and O–H groups in total. The van der Waals surface area contributed by atoms with Crippen LogP contribution in [0, 0.1) is 0 Å². The standard InChI is InChI=1S/C12H19N3O4S/c1-9(2)15(8-12(13)14-16)20(17,18)11-6-4-10(19-3)5-7-11/h4-7,9,16H,8H2,1-3H3,(H2,13,14). The van der Waals surface area contributed by atoms with Crippen LogP contribution < -0.4 is 10.5 Å². The van der Waals surface area contributed by atoms with Crippen molar-refractivity contribution in [2.24, 2.45) is 10.9 Å². The van der Waals surface area contributed by atoms with Gasteiger partial charge in [0.05, 0.1) is 18.6 Å². The minimum Gasteiger partial charge on any atom is -0.497 e. The molecule has 0 bridgehead atoms. The number of amidine groups is 1. The van der Waals surface area contributed by atoms with E-state index in [1.807, 2.05) is 0 Å². The molecular formula is C12H19N3O4S. The van der Waals surface area contributed by atoms with Gasteiger partial charge in [-0.05, 0) is 38.1 Å². The van der Waals surface area contributed by atoms with Gasteiger partial charge in [-0.25, -0.2) is 8.42 Å². The van der Waals surface area contributed by atoms with Crippen molar-refractivity contribution in [3.8, 4) is 5.75 Å². The molecule has 1 rings (SSSR count). The quantitative estimate of drug-likeness (QED) is 0.350. The molecule has 0 radical (unpaired) electrons. The maximum absolute atomic E-state index is 12.5. The lowest BCUT2D eigenvalue weighted by Gasteiger charge is -2.25. The van der Waals surface area contributed by atoms with Crippen molar-refractivity contribution < 1.29 is 18.4 Å². The number of sulfonamides is 1. The van der Waals surface area contributed by atoms with Crippen LogP contribution >= 0.6 is 0 Å². The van der Waals surface area contributed by atoms with E-state index < -0.39 is 10.0 Å². The number of rotatable bonds is 6. The molecule has 0 fully saturated rings. The summed E-state index contributed by atoms with van der Waals surface area (Å²) in [6.45, 7) is 3.25. The Balaban J connectivity index is 3.15. The molecule has 1 aromatic carbocycles. The molecule has 0 unspecified atom stereocenters. The Kier molecular flexibility index (Phi) is 5.34. The van der Waals surface area contributed by atoms with Gasteiger partial charge in [-0.2, -0.15) is 4.31 Å². The first-order valence-electron chi connectivity index (χ1n) is 5.95. The first kappa shape index (κ1) is 16.3. The van der Waals surface area contributed by atoms with Gasteiger partial charge in [-0.15, -0.1) is 0 Å². The van der Waals surface area contributed by atoms with E-state index >= 15 is 0 Å². The zero-order valence-electron chi connectivity index (χ0n) is 11.6. The summed E-state index contributed by atoms with van der Waals surface area (Å²) in [4.78, 5) is 0.123. The summed E-state index contributed by atoms with van der Waals surface area (Å²) in [5, 5.41) is 11.4. The minimum absolute atomic E-state index is 0.123. The van der Waals surface area contributed by atoms with Gasteiger partial charge in [0.25, 0.3) is 0 Å². The first-order chi connectivity index (χ1) is 9.32. The van der Waals surface area contributed by atoms with E-state index in [0.29, 0.717) is 5.75 Å². The molecular weight excluding hydrogens is 282 g/mol. The van der Waals surface area contributed by atoms with Crippen LogP contribution in [0.1, 0.15) is 13.8 Å². The monoisotopic (exact) mass is 301 g/mol. The number of hydrogen-bond acceptors (Lipinski definition) is 5. The molecule has 0 aliphatic heterocycles. The minimum atomic E-state index is -3.72. The summed E-state index contributed by atoms with van der Waals surface area (Å²) in [7, 11) is -2.22. The van der Waals surface area contributed by atoms with Crippen LogP contribution in [0.4, 0.5) is 0 Å². The zero-order chi connectivity index (χ0) is 15.3. The normalized spacial score (nSPS) is 12.9. The third kappa shape index (κ3) is 3.61. The third-order valence-corrected chi connectivity index (χ3v) is 4.72. The van der Waals surface area contributed by atoms with Crippen molar-refractivity contribution in [2.75, 3.05) is 13.7 Å². The van der Waals surface area contributed by atoms with Gasteiger partial charge in [0.1, 0.15) is 5.75 Å². The lowest BCUT2D eigenvalue weighted by Crippen LogP contribution is -2.42. The number of methoxy groups -OCH3 is 1. The van der Waals surface area contributed by atoms with Gasteiger partial charge >= 0.3 is 0 Å². The summed E-state index contributed by atoms with van der Waals surface area (Å²) in [6, 6.07) is 5.71. The molecule has 0 heterocycles. The number of oxime groups is 1. The second-order valence-corrected chi connectivity index (χ2v) is 6.30. The van der Waals surface area contributed by atoms with Crippen LogP contribution in [0.5, 0.6) is 5.75 Å². The van der Waals surface area contributed by atoms with Crippen molar-refractivity contribution >= 4 is 15.9 Å². The van der Waals surface area contributed by atoms with E-state index in [-0.39, 0.29) is 23.3 Å². The Hall–Kier alpha value is -1.80. The Bertz CT molecular complexity index is 567. The largest absolute Gasteiger partial charge is 0.497 e. The van der Waals surface area contributed by atoms with Crippen LogP contribution in [0.15, 0.2) is 34.3 Å². The van der Waals surface area contributed by atoms with Gasteiger partial charge in [0.2, 0.25) is 10.0 Å². The van der Waals surface area contributed by atoms with Crippen LogP contribution in [-0.4, -0.2) is 43.5 Å². The molecule has 0 aromatic heterocycles. The summed E-state index contributed by atoms with van der Waals surface area (Å²) in [6.07, 6.45) is 0. The summed E-state index contributed by atoms with van der Waals surface area (Å²) < 4.78 is 31.2. The fourth-order valence-electron chi connectivity index (χ4n) is 1.62. The van der Waals surface area contributed by atoms with Crippen molar-refractivity contribution in [1.82, 2.24) is 4.31 Å². The van der Waals surface area contributed by atoms with Crippen LogP contribution in [0.25, 0.3) is 0 Å². The van der Waals surface area contributed by atoms with Crippen molar-refractivity contribution in [2.45, 2.75) is 24.8 Å². The van der Waals surface area contributed by atoms with E-state index in [1.54, 1.807) is 26.0 Å². The molecule has 0 aliphatic rings. The van der Waals surface area contributed by atoms with E-state index in [4.69, 9.17) is 15.7 Å². The molecule has 0 amide bonds. The van der Waals surface area contributed by atoms with E-state index in [2.05, 4.69) is 5.16 Å². The number of ether oxygens (including phenoxy) is 1. The predicted molar refractivity (Wildman–Crippen MR) is 75.4 cm³/mol. The highest BCUT2D eigenvalue weighted by atomic mass is 32.2. The van der Waals surface area contributed by atoms with Crippen molar-refractivity contribution in [3.05, 3.63) is 24.3 Å².